The molecule has 0 unspecified atom stereocenters. The van der Waals surface area contributed by atoms with Crippen LogP contribution in [-0.2, 0) is 9.53 Å². The number of ether oxygens (including phenoxy) is 1. The van der Waals surface area contributed by atoms with Crippen molar-refractivity contribution in [2.75, 3.05) is 26.0 Å². The third-order valence-corrected chi connectivity index (χ3v) is 3.19. The summed E-state index contributed by atoms with van der Waals surface area (Å²) in [6.45, 7) is 1.14. The van der Waals surface area contributed by atoms with Crippen LogP contribution in [0.3, 0.4) is 0 Å². The summed E-state index contributed by atoms with van der Waals surface area (Å²) in [5, 5.41) is 12.0. The molecule has 0 aliphatic rings. The smallest absolute Gasteiger partial charge is 0.338 e. The molecule has 1 aromatic rings. The minimum atomic E-state index is -1.05. The number of nitrogens with one attached hydrogen (secondary N) is 1. The quantitative estimate of drug-likeness (QED) is 0.547. The van der Waals surface area contributed by atoms with Gasteiger partial charge in [-0.25, -0.2) is 9.78 Å². The van der Waals surface area contributed by atoms with Crippen LogP contribution in [0.1, 0.15) is 16.8 Å². The molecule has 0 saturated carbocycles. The Balaban J connectivity index is 2.40. The Hall–Kier alpha value is -1.60. The van der Waals surface area contributed by atoms with E-state index in [0.29, 0.717) is 18.2 Å². The summed E-state index contributed by atoms with van der Waals surface area (Å²) in [4.78, 5) is 26.4. The number of methoxy groups -OCH3 is 1. The Bertz CT molecular complexity index is 439. The van der Waals surface area contributed by atoms with Crippen molar-refractivity contribution in [2.45, 2.75) is 11.4 Å². The van der Waals surface area contributed by atoms with Gasteiger partial charge in [-0.3, -0.25) is 4.79 Å². The van der Waals surface area contributed by atoms with Crippen molar-refractivity contribution < 1.29 is 19.4 Å². The van der Waals surface area contributed by atoms with Crippen LogP contribution in [0.4, 0.5) is 0 Å². The number of nitrogens with zero attached hydrogens (tertiary/aromatic N) is 1. The fraction of sp³-hybridized carbons (Fsp3) is 0.417. The first kappa shape index (κ1) is 15.5. The maximum Gasteiger partial charge on any atom is 0.338 e. The molecule has 0 aliphatic heterocycles. The minimum Gasteiger partial charge on any atom is -0.478 e. The number of carbonyl (C=O) groups is 2. The SMILES string of the molecule is COCCCNC(=O)CSc1ncccc1C(=O)O. The molecule has 0 saturated heterocycles. The lowest BCUT2D eigenvalue weighted by Gasteiger charge is -2.06. The van der Waals surface area contributed by atoms with Crippen LogP contribution < -0.4 is 5.32 Å². The normalized spacial score (nSPS) is 10.2. The molecule has 1 heterocycles. The lowest BCUT2D eigenvalue weighted by Crippen LogP contribution is -2.26. The summed E-state index contributed by atoms with van der Waals surface area (Å²) >= 11 is 1.11. The molecule has 19 heavy (non-hydrogen) atoms. The molecule has 1 rings (SSSR count). The maximum absolute atomic E-state index is 11.5. The van der Waals surface area contributed by atoms with Crippen molar-refractivity contribution in [2.24, 2.45) is 0 Å². The number of rotatable bonds is 8. The highest BCUT2D eigenvalue weighted by Crippen LogP contribution is 2.19. The van der Waals surface area contributed by atoms with E-state index in [2.05, 4.69) is 10.3 Å². The largest absolute Gasteiger partial charge is 0.478 e. The average molecular weight is 284 g/mol. The van der Waals surface area contributed by atoms with E-state index >= 15 is 0 Å². The first-order chi connectivity index (χ1) is 9.15. The zero-order chi connectivity index (χ0) is 14.1. The fourth-order valence-corrected chi connectivity index (χ4v) is 2.11. The lowest BCUT2D eigenvalue weighted by atomic mass is 10.3. The second-order valence-corrected chi connectivity index (χ2v) is 4.61. The van der Waals surface area contributed by atoms with Crippen LogP contribution in [0.2, 0.25) is 0 Å². The summed E-state index contributed by atoms with van der Waals surface area (Å²) in [7, 11) is 1.60. The van der Waals surface area contributed by atoms with Crippen LogP contribution in [-0.4, -0.2) is 48.0 Å². The predicted molar refractivity (Wildman–Crippen MR) is 71.4 cm³/mol. The molecular formula is C12H16N2O4S. The third-order valence-electron chi connectivity index (χ3n) is 2.19. The van der Waals surface area contributed by atoms with Gasteiger partial charge in [-0.2, -0.15) is 0 Å². The van der Waals surface area contributed by atoms with Gasteiger partial charge in [0.05, 0.1) is 11.3 Å². The Morgan fingerprint density at radius 1 is 1.53 bits per heavy atom. The van der Waals surface area contributed by atoms with Gasteiger partial charge < -0.3 is 15.2 Å². The van der Waals surface area contributed by atoms with Gasteiger partial charge in [-0.05, 0) is 18.6 Å². The number of amides is 1. The standard InChI is InChI=1S/C12H16N2O4S/c1-18-7-3-6-13-10(15)8-19-11-9(12(16)17)4-2-5-14-11/h2,4-5H,3,6-8H2,1H3,(H,13,15)(H,16,17). The minimum absolute atomic E-state index is 0.111. The molecule has 1 aromatic heterocycles. The van der Waals surface area contributed by atoms with Crippen molar-refractivity contribution in [3.8, 4) is 0 Å². The van der Waals surface area contributed by atoms with Gasteiger partial charge in [0.2, 0.25) is 5.91 Å². The highest BCUT2D eigenvalue weighted by atomic mass is 32.2. The number of pyridine rings is 1. The van der Waals surface area contributed by atoms with Crippen molar-refractivity contribution in [3.63, 3.8) is 0 Å². The van der Waals surface area contributed by atoms with Crippen molar-refractivity contribution >= 4 is 23.6 Å². The number of aromatic carboxylic acids is 1. The number of thioether (sulfide) groups is 1. The predicted octanol–water partition coefficient (Wildman–Crippen LogP) is 1.02. The van der Waals surface area contributed by atoms with Gasteiger partial charge >= 0.3 is 5.97 Å². The molecule has 6 nitrogen and oxygen atoms in total. The first-order valence-electron chi connectivity index (χ1n) is 5.72. The Morgan fingerprint density at radius 3 is 3.00 bits per heavy atom. The van der Waals surface area contributed by atoms with Crippen LogP contribution >= 0.6 is 11.8 Å². The monoisotopic (exact) mass is 284 g/mol. The number of carboxylic acid groups (broad SMARTS) is 1. The molecule has 104 valence electrons. The van der Waals surface area contributed by atoms with Crippen LogP contribution in [0.5, 0.6) is 0 Å². The molecule has 1 amide bonds. The van der Waals surface area contributed by atoms with E-state index in [-0.39, 0.29) is 17.2 Å². The maximum atomic E-state index is 11.5. The lowest BCUT2D eigenvalue weighted by molar-refractivity contribution is -0.118. The Morgan fingerprint density at radius 2 is 2.32 bits per heavy atom. The molecule has 0 aromatic carbocycles. The van der Waals surface area contributed by atoms with E-state index < -0.39 is 5.97 Å². The molecule has 2 N–H and O–H groups in total. The molecular weight excluding hydrogens is 268 g/mol. The second kappa shape index (κ2) is 8.49. The van der Waals surface area contributed by atoms with E-state index in [1.165, 1.54) is 12.3 Å². The summed E-state index contributed by atoms with van der Waals surface area (Å²) in [5.74, 6) is -1.05. The fourth-order valence-electron chi connectivity index (χ4n) is 1.30. The Kier molecular flexibility index (Phi) is 6.91. The van der Waals surface area contributed by atoms with Gasteiger partial charge in [-0.15, -0.1) is 0 Å². The van der Waals surface area contributed by atoms with Crippen molar-refractivity contribution in [1.82, 2.24) is 10.3 Å². The summed E-state index contributed by atoms with van der Waals surface area (Å²) < 4.78 is 4.86. The topological polar surface area (TPSA) is 88.5 Å². The zero-order valence-corrected chi connectivity index (χ0v) is 11.4. The number of hydrogen-bond acceptors (Lipinski definition) is 5. The Labute approximate surface area is 115 Å². The molecule has 0 atom stereocenters. The number of carboxylic acids is 1. The molecule has 0 spiro atoms. The van der Waals surface area contributed by atoms with Crippen LogP contribution in [0.25, 0.3) is 0 Å². The highest BCUT2D eigenvalue weighted by Gasteiger charge is 2.12. The van der Waals surface area contributed by atoms with Crippen LogP contribution in [0, 0.1) is 0 Å². The second-order valence-electron chi connectivity index (χ2n) is 3.65. The van der Waals surface area contributed by atoms with E-state index in [1.807, 2.05) is 0 Å². The molecule has 0 aliphatic carbocycles. The summed E-state index contributed by atoms with van der Waals surface area (Å²) in [6, 6.07) is 3.02. The molecule has 0 bridgehead atoms. The number of hydrogen-bond donors (Lipinski definition) is 2. The van der Waals surface area contributed by atoms with Crippen molar-refractivity contribution in [1.29, 1.82) is 0 Å². The molecule has 7 heteroatoms. The number of carbonyl (C=O) groups excluding carboxylic acids is 1. The van der Waals surface area contributed by atoms with E-state index in [0.717, 1.165) is 18.2 Å². The highest BCUT2D eigenvalue weighted by molar-refractivity contribution is 8.00. The van der Waals surface area contributed by atoms with E-state index in [4.69, 9.17) is 9.84 Å². The average Bonchev–Trinajstić information content (AvgIpc) is 2.41. The molecule has 0 fully saturated rings. The van der Waals surface area contributed by atoms with Gasteiger partial charge in [0.1, 0.15) is 5.03 Å². The van der Waals surface area contributed by atoms with E-state index in [9.17, 15) is 9.59 Å². The number of aromatic nitrogens is 1. The summed E-state index contributed by atoms with van der Waals surface area (Å²) in [6.07, 6.45) is 2.25. The van der Waals surface area contributed by atoms with E-state index in [1.54, 1.807) is 13.2 Å². The summed E-state index contributed by atoms with van der Waals surface area (Å²) in [5.41, 5.74) is 0.111. The first-order valence-corrected chi connectivity index (χ1v) is 6.70. The van der Waals surface area contributed by atoms with Crippen LogP contribution in [0.15, 0.2) is 23.4 Å². The van der Waals surface area contributed by atoms with Gasteiger partial charge in [0, 0.05) is 26.5 Å². The van der Waals surface area contributed by atoms with Gasteiger partial charge in [0.15, 0.2) is 0 Å². The molecule has 0 radical (unpaired) electrons. The third kappa shape index (κ3) is 5.71. The zero-order valence-electron chi connectivity index (χ0n) is 10.6. The van der Waals surface area contributed by atoms with Gasteiger partial charge in [-0.1, -0.05) is 11.8 Å². The van der Waals surface area contributed by atoms with Crippen molar-refractivity contribution in [3.05, 3.63) is 23.9 Å². The van der Waals surface area contributed by atoms with Gasteiger partial charge in [0.25, 0.3) is 0 Å².